The molecule has 142 valence electrons. The monoisotopic (exact) mass is 361 g/mol. The lowest BCUT2D eigenvalue weighted by Crippen LogP contribution is -2.41. The van der Waals surface area contributed by atoms with Crippen LogP contribution < -0.4 is 15.4 Å². The van der Waals surface area contributed by atoms with Crippen molar-refractivity contribution in [3.05, 3.63) is 24.3 Å². The van der Waals surface area contributed by atoms with Crippen molar-refractivity contribution in [1.29, 1.82) is 0 Å². The minimum absolute atomic E-state index is 0.0231. The maximum atomic E-state index is 12.3. The van der Waals surface area contributed by atoms with Crippen LogP contribution in [0.4, 0.5) is 5.69 Å². The van der Waals surface area contributed by atoms with E-state index < -0.39 is 0 Å². The second kappa shape index (κ2) is 9.00. The second-order valence-corrected chi connectivity index (χ2v) is 6.64. The molecular weight excluding hydrogens is 334 g/mol. The lowest BCUT2D eigenvalue weighted by molar-refractivity contribution is -0.125. The fourth-order valence-corrected chi connectivity index (χ4v) is 3.10. The normalized spacial score (nSPS) is 22.5. The van der Waals surface area contributed by atoms with Gasteiger partial charge in [0.25, 0.3) is 0 Å². The fourth-order valence-electron chi connectivity index (χ4n) is 3.10. The van der Waals surface area contributed by atoms with Gasteiger partial charge in [-0.3, -0.25) is 14.5 Å². The molecule has 2 amide bonds. The van der Waals surface area contributed by atoms with E-state index in [9.17, 15) is 9.59 Å². The third-order valence-electron chi connectivity index (χ3n) is 4.73. The zero-order valence-corrected chi connectivity index (χ0v) is 15.2. The quantitative estimate of drug-likeness (QED) is 0.725. The largest absolute Gasteiger partial charge is 0.494 e. The Kier molecular flexibility index (Phi) is 6.46. The Morgan fingerprint density at radius 3 is 2.54 bits per heavy atom. The van der Waals surface area contributed by atoms with Gasteiger partial charge in [0.2, 0.25) is 11.8 Å². The van der Waals surface area contributed by atoms with E-state index in [1.807, 2.05) is 31.2 Å². The van der Waals surface area contributed by atoms with Crippen LogP contribution in [0.25, 0.3) is 0 Å². The molecule has 2 fully saturated rings. The maximum Gasteiger partial charge on any atom is 0.228 e. The summed E-state index contributed by atoms with van der Waals surface area (Å²) >= 11 is 0. The number of morpholine rings is 1. The lowest BCUT2D eigenvalue weighted by atomic mass is 10.2. The van der Waals surface area contributed by atoms with Gasteiger partial charge in [0.05, 0.1) is 31.7 Å². The van der Waals surface area contributed by atoms with Crippen molar-refractivity contribution < 1.29 is 19.1 Å². The molecule has 1 saturated heterocycles. The number of carbonyl (C=O) groups excluding carboxylic acids is 2. The highest BCUT2D eigenvalue weighted by Gasteiger charge is 2.47. The van der Waals surface area contributed by atoms with E-state index in [-0.39, 0.29) is 23.7 Å². The van der Waals surface area contributed by atoms with Crippen molar-refractivity contribution in [2.24, 2.45) is 11.8 Å². The van der Waals surface area contributed by atoms with E-state index in [2.05, 4.69) is 15.5 Å². The summed E-state index contributed by atoms with van der Waals surface area (Å²) in [7, 11) is 0. The van der Waals surface area contributed by atoms with Crippen LogP contribution in [0.1, 0.15) is 13.3 Å². The molecule has 3 rings (SSSR count). The number of nitrogens with zero attached hydrogens (tertiary/aromatic N) is 1. The molecule has 1 aromatic carbocycles. The molecule has 2 N–H and O–H groups in total. The Balaban J connectivity index is 1.36. The van der Waals surface area contributed by atoms with Crippen molar-refractivity contribution in [3.8, 4) is 5.75 Å². The molecule has 7 nitrogen and oxygen atoms in total. The van der Waals surface area contributed by atoms with Crippen molar-refractivity contribution in [2.45, 2.75) is 13.3 Å². The van der Waals surface area contributed by atoms with Crippen LogP contribution in [0.15, 0.2) is 24.3 Å². The Bertz CT molecular complexity index is 614. The van der Waals surface area contributed by atoms with Gasteiger partial charge in [0.15, 0.2) is 0 Å². The van der Waals surface area contributed by atoms with Crippen LogP contribution in [0.2, 0.25) is 0 Å². The molecular formula is C19H27N3O4. The molecule has 1 aliphatic carbocycles. The van der Waals surface area contributed by atoms with E-state index in [0.29, 0.717) is 19.6 Å². The minimum Gasteiger partial charge on any atom is -0.494 e. The highest BCUT2D eigenvalue weighted by molar-refractivity contribution is 5.99. The van der Waals surface area contributed by atoms with Crippen LogP contribution >= 0.6 is 0 Å². The first-order valence-corrected chi connectivity index (χ1v) is 9.29. The van der Waals surface area contributed by atoms with Gasteiger partial charge in [-0.05, 0) is 37.6 Å². The molecule has 0 radical (unpaired) electrons. The summed E-state index contributed by atoms with van der Waals surface area (Å²) < 4.78 is 10.7. The first-order chi connectivity index (χ1) is 12.7. The van der Waals surface area contributed by atoms with E-state index in [0.717, 1.165) is 44.3 Å². The summed E-state index contributed by atoms with van der Waals surface area (Å²) in [5, 5.41) is 5.81. The number of rotatable bonds is 8. The van der Waals surface area contributed by atoms with E-state index in [1.165, 1.54) is 0 Å². The van der Waals surface area contributed by atoms with Crippen molar-refractivity contribution in [1.82, 2.24) is 10.2 Å². The molecule has 1 aromatic rings. The maximum absolute atomic E-state index is 12.3. The summed E-state index contributed by atoms with van der Waals surface area (Å²) in [5.41, 5.74) is 0.719. The molecule has 1 saturated carbocycles. The number of carbonyl (C=O) groups is 2. The standard InChI is InChI=1S/C19H27N3O4/c1-2-26-15-5-3-14(4-6-15)21-19(24)17-13-16(17)18(23)20-7-8-22-9-11-25-12-10-22/h3-6,16-17H,2,7-13H2,1H3,(H,20,23)(H,21,24). The average molecular weight is 361 g/mol. The molecule has 0 aromatic heterocycles. The minimum atomic E-state index is -0.232. The molecule has 2 aliphatic rings. The third-order valence-corrected chi connectivity index (χ3v) is 4.73. The number of anilines is 1. The smallest absolute Gasteiger partial charge is 0.228 e. The Morgan fingerprint density at radius 1 is 1.15 bits per heavy atom. The van der Waals surface area contributed by atoms with Crippen LogP contribution in [0, 0.1) is 11.8 Å². The molecule has 1 aliphatic heterocycles. The number of hydrogen-bond donors (Lipinski definition) is 2. The topological polar surface area (TPSA) is 79.9 Å². The summed E-state index contributed by atoms with van der Waals surface area (Å²) in [6.45, 7) is 7.30. The highest BCUT2D eigenvalue weighted by atomic mass is 16.5. The summed E-state index contributed by atoms with van der Waals surface area (Å²) in [6.07, 6.45) is 0.617. The predicted molar refractivity (Wildman–Crippen MR) is 98.1 cm³/mol. The lowest BCUT2D eigenvalue weighted by Gasteiger charge is -2.26. The van der Waals surface area contributed by atoms with Crippen molar-refractivity contribution in [2.75, 3.05) is 51.3 Å². The number of nitrogens with one attached hydrogen (secondary N) is 2. The Morgan fingerprint density at radius 2 is 1.85 bits per heavy atom. The van der Waals surface area contributed by atoms with Crippen LogP contribution in [-0.2, 0) is 14.3 Å². The van der Waals surface area contributed by atoms with Gasteiger partial charge in [0.1, 0.15) is 5.75 Å². The molecule has 7 heteroatoms. The number of ether oxygens (including phenoxy) is 2. The molecule has 2 atom stereocenters. The van der Waals surface area contributed by atoms with Gasteiger partial charge < -0.3 is 20.1 Å². The fraction of sp³-hybridized carbons (Fsp3) is 0.579. The molecule has 0 spiro atoms. The van der Waals surface area contributed by atoms with Crippen molar-refractivity contribution >= 4 is 17.5 Å². The third kappa shape index (κ3) is 5.19. The number of hydrogen-bond acceptors (Lipinski definition) is 5. The summed E-state index contributed by atoms with van der Waals surface area (Å²) in [5.74, 6) is 0.217. The van der Waals surface area contributed by atoms with E-state index in [4.69, 9.17) is 9.47 Å². The van der Waals surface area contributed by atoms with Gasteiger partial charge >= 0.3 is 0 Å². The van der Waals surface area contributed by atoms with Crippen LogP contribution in [0.3, 0.4) is 0 Å². The highest BCUT2D eigenvalue weighted by Crippen LogP contribution is 2.39. The zero-order chi connectivity index (χ0) is 18.4. The Hall–Kier alpha value is -2.12. The van der Waals surface area contributed by atoms with E-state index >= 15 is 0 Å². The van der Waals surface area contributed by atoms with Crippen LogP contribution in [-0.4, -0.2) is 62.7 Å². The van der Waals surface area contributed by atoms with Crippen LogP contribution in [0.5, 0.6) is 5.75 Å². The van der Waals surface area contributed by atoms with Crippen molar-refractivity contribution in [3.63, 3.8) is 0 Å². The van der Waals surface area contributed by atoms with E-state index in [1.54, 1.807) is 0 Å². The molecule has 26 heavy (non-hydrogen) atoms. The predicted octanol–water partition coefficient (Wildman–Crippen LogP) is 1.11. The molecule has 2 unspecified atom stereocenters. The first-order valence-electron chi connectivity index (χ1n) is 9.29. The molecule has 1 heterocycles. The first kappa shape index (κ1) is 18.7. The number of amides is 2. The van der Waals surface area contributed by atoms with Gasteiger partial charge in [0, 0.05) is 31.9 Å². The van der Waals surface area contributed by atoms with Gasteiger partial charge in [-0.1, -0.05) is 0 Å². The summed E-state index contributed by atoms with van der Waals surface area (Å²) in [4.78, 5) is 26.7. The average Bonchev–Trinajstić information content (AvgIpc) is 3.45. The summed E-state index contributed by atoms with van der Waals surface area (Å²) in [6, 6.07) is 7.26. The van der Waals surface area contributed by atoms with Gasteiger partial charge in [-0.2, -0.15) is 0 Å². The second-order valence-electron chi connectivity index (χ2n) is 6.64. The molecule has 0 bridgehead atoms. The number of benzene rings is 1. The SMILES string of the molecule is CCOc1ccc(NC(=O)C2CC2C(=O)NCCN2CCOCC2)cc1. The zero-order valence-electron chi connectivity index (χ0n) is 15.2. The Labute approximate surface area is 154 Å². The van der Waals surface area contributed by atoms with Gasteiger partial charge in [-0.15, -0.1) is 0 Å². The van der Waals surface area contributed by atoms with Gasteiger partial charge in [-0.25, -0.2) is 0 Å².